The number of aryl methyl sites for hydroxylation is 1. The van der Waals surface area contributed by atoms with Crippen LogP contribution in [0.1, 0.15) is 25.4 Å². The molecule has 0 unspecified atom stereocenters. The summed E-state index contributed by atoms with van der Waals surface area (Å²) < 4.78 is 1.96. The van der Waals surface area contributed by atoms with Crippen LogP contribution in [0, 0.1) is 5.92 Å². The Morgan fingerprint density at radius 2 is 2.22 bits per heavy atom. The Bertz CT molecular complexity index is 485. The second-order valence-corrected chi connectivity index (χ2v) is 4.76. The van der Waals surface area contributed by atoms with Crippen LogP contribution in [0.2, 0.25) is 0 Å². The zero-order chi connectivity index (χ0) is 13.0. The number of rotatable bonds is 6. The van der Waals surface area contributed by atoms with Crippen LogP contribution in [0.3, 0.4) is 0 Å². The first-order chi connectivity index (χ1) is 8.63. The Labute approximate surface area is 106 Å². The fourth-order valence-electron chi connectivity index (χ4n) is 1.62. The van der Waals surface area contributed by atoms with Gasteiger partial charge in [-0.15, -0.1) is 10.2 Å². The molecule has 0 radical (unpaired) electrons. The van der Waals surface area contributed by atoms with Gasteiger partial charge < -0.3 is 9.88 Å². The van der Waals surface area contributed by atoms with Crippen LogP contribution in [0.25, 0.3) is 0 Å². The summed E-state index contributed by atoms with van der Waals surface area (Å²) in [6, 6.07) is 0. The minimum Gasteiger partial charge on any atom is -0.329 e. The van der Waals surface area contributed by atoms with Crippen LogP contribution < -0.4 is 5.32 Å². The van der Waals surface area contributed by atoms with Gasteiger partial charge in [0.2, 0.25) is 0 Å². The second kappa shape index (κ2) is 5.72. The first kappa shape index (κ1) is 12.7. The number of aromatic nitrogens is 6. The van der Waals surface area contributed by atoms with Crippen LogP contribution >= 0.6 is 0 Å². The molecule has 0 amide bonds. The third-order valence-electron chi connectivity index (χ3n) is 2.42. The lowest BCUT2D eigenvalue weighted by molar-refractivity contribution is 0.548. The predicted molar refractivity (Wildman–Crippen MR) is 66.7 cm³/mol. The number of imidazole rings is 1. The van der Waals surface area contributed by atoms with Crippen molar-refractivity contribution in [3.63, 3.8) is 0 Å². The van der Waals surface area contributed by atoms with Gasteiger partial charge in [-0.05, 0) is 17.7 Å². The molecule has 1 N–H and O–H groups in total. The molecule has 2 aromatic rings. The molecule has 7 heteroatoms. The zero-order valence-corrected chi connectivity index (χ0v) is 11.0. The van der Waals surface area contributed by atoms with Crippen molar-refractivity contribution in [3.05, 3.63) is 24.0 Å². The summed E-state index contributed by atoms with van der Waals surface area (Å²) >= 11 is 0. The Balaban J connectivity index is 1.86. The largest absolute Gasteiger partial charge is 0.329 e. The highest BCUT2D eigenvalue weighted by atomic mass is 15.6. The average Bonchev–Trinajstić information content (AvgIpc) is 2.89. The normalized spacial score (nSPS) is 11.3. The van der Waals surface area contributed by atoms with Crippen LogP contribution in [0.15, 0.2) is 12.5 Å². The smallest absolute Gasteiger partial charge is 0.194 e. The van der Waals surface area contributed by atoms with Gasteiger partial charge in [-0.1, -0.05) is 13.8 Å². The van der Waals surface area contributed by atoms with Crippen molar-refractivity contribution >= 4 is 0 Å². The lowest BCUT2D eigenvalue weighted by Gasteiger charge is -2.04. The maximum atomic E-state index is 4.33. The molecule has 0 bridgehead atoms. The fraction of sp³-hybridized carbons (Fsp3) is 0.636. The van der Waals surface area contributed by atoms with E-state index in [-0.39, 0.29) is 0 Å². The molecular weight excluding hydrogens is 230 g/mol. The Hall–Kier alpha value is -1.76. The molecule has 0 fully saturated rings. The van der Waals surface area contributed by atoms with E-state index in [4.69, 9.17) is 0 Å². The van der Waals surface area contributed by atoms with E-state index in [2.05, 4.69) is 39.6 Å². The molecule has 7 nitrogen and oxygen atoms in total. The fourth-order valence-corrected chi connectivity index (χ4v) is 1.62. The van der Waals surface area contributed by atoms with Crippen LogP contribution in [-0.4, -0.2) is 36.3 Å². The van der Waals surface area contributed by atoms with E-state index in [1.165, 1.54) is 4.80 Å². The molecule has 18 heavy (non-hydrogen) atoms. The average molecular weight is 249 g/mol. The summed E-state index contributed by atoms with van der Waals surface area (Å²) in [4.78, 5) is 5.79. The van der Waals surface area contributed by atoms with Gasteiger partial charge in [-0.2, -0.15) is 4.80 Å². The Morgan fingerprint density at radius 1 is 1.39 bits per heavy atom. The molecule has 0 aromatic carbocycles. The summed E-state index contributed by atoms with van der Waals surface area (Å²) in [6.45, 7) is 6.76. The quantitative estimate of drug-likeness (QED) is 0.791. The van der Waals surface area contributed by atoms with Crippen LogP contribution in [0.5, 0.6) is 0 Å². The number of nitrogens with zero attached hydrogens (tertiary/aromatic N) is 6. The van der Waals surface area contributed by atoms with E-state index in [9.17, 15) is 0 Å². The lowest BCUT2D eigenvalue weighted by Crippen LogP contribution is -2.19. The molecule has 2 rings (SSSR count). The van der Waals surface area contributed by atoms with Crippen molar-refractivity contribution in [1.82, 2.24) is 35.1 Å². The summed E-state index contributed by atoms with van der Waals surface area (Å²) in [5, 5.41) is 15.2. The van der Waals surface area contributed by atoms with Gasteiger partial charge in [-0.3, -0.25) is 0 Å². The highest BCUT2D eigenvalue weighted by Crippen LogP contribution is 1.99. The highest BCUT2D eigenvalue weighted by Gasteiger charge is 2.03. The van der Waals surface area contributed by atoms with Crippen molar-refractivity contribution in [3.8, 4) is 0 Å². The topological polar surface area (TPSA) is 73.5 Å². The van der Waals surface area contributed by atoms with Crippen LogP contribution in [0.4, 0.5) is 0 Å². The van der Waals surface area contributed by atoms with Gasteiger partial charge in [0.05, 0.1) is 25.6 Å². The number of tetrazole rings is 1. The molecule has 98 valence electrons. The standard InChI is InChI=1S/C11H19N7/c1-9(2)4-12-5-10-6-18(8-13-10)7-11-14-16-17(3)15-11/h6,8-9,12H,4-5,7H2,1-3H3. The first-order valence-electron chi connectivity index (χ1n) is 6.07. The molecule has 2 aromatic heterocycles. The van der Waals surface area contributed by atoms with E-state index in [1.807, 2.05) is 10.8 Å². The molecule has 0 spiro atoms. The minimum atomic E-state index is 0.602. The van der Waals surface area contributed by atoms with E-state index >= 15 is 0 Å². The summed E-state index contributed by atoms with van der Waals surface area (Å²) in [7, 11) is 1.76. The molecule has 0 aliphatic rings. The zero-order valence-electron chi connectivity index (χ0n) is 11.0. The van der Waals surface area contributed by atoms with Gasteiger partial charge in [0.1, 0.15) is 0 Å². The van der Waals surface area contributed by atoms with Crippen molar-refractivity contribution < 1.29 is 0 Å². The van der Waals surface area contributed by atoms with Gasteiger partial charge >= 0.3 is 0 Å². The summed E-state index contributed by atoms with van der Waals surface area (Å²) in [5.41, 5.74) is 1.03. The third-order valence-corrected chi connectivity index (χ3v) is 2.42. The van der Waals surface area contributed by atoms with E-state index in [1.54, 1.807) is 13.4 Å². The number of hydrogen-bond donors (Lipinski definition) is 1. The van der Waals surface area contributed by atoms with Crippen molar-refractivity contribution in [2.45, 2.75) is 26.9 Å². The van der Waals surface area contributed by atoms with Gasteiger partial charge in [0.25, 0.3) is 0 Å². The Kier molecular flexibility index (Phi) is 4.03. The van der Waals surface area contributed by atoms with Gasteiger partial charge in [-0.25, -0.2) is 4.98 Å². The summed E-state index contributed by atoms with van der Waals surface area (Å²) in [5.74, 6) is 1.34. The maximum absolute atomic E-state index is 4.33. The van der Waals surface area contributed by atoms with Gasteiger partial charge in [0, 0.05) is 12.7 Å². The number of hydrogen-bond acceptors (Lipinski definition) is 5. The lowest BCUT2D eigenvalue weighted by atomic mass is 10.2. The van der Waals surface area contributed by atoms with E-state index in [0.717, 1.165) is 18.8 Å². The van der Waals surface area contributed by atoms with Crippen molar-refractivity contribution in [1.29, 1.82) is 0 Å². The predicted octanol–water partition coefficient (Wildman–Crippen LogP) is 0.200. The molecule has 0 aliphatic carbocycles. The first-order valence-corrected chi connectivity index (χ1v) is 6.07. The highest BCUT2D eigenvalue weighted by molar-refractivity contribution is 4.98. The minimum absolute atomic E-state index is 0.602. The number of nitrogens with one attached hydrogen (secondary N) is 1. The van der Waals surface area contributed by atoms with Crippen LogP contribution in [-0.2, 0) is 20.1 Å². The molecular formula is C11H19N7. The van der Waals surface area contributed by atoms with Gasteiger partial charge in [0.15, 0.2) is 5.82 Å². The monoisotopic (exact) mass is 249 g/mol. The van der Waals surface area contributed by atoms with E-state index < -0.39 is 0 Å². The second-order valence-electron chi connectivity index (χ2n) is 4.76. The van der Waals surface area contributed by atoms with Crippen molar-refractivity contribution in [2.24, 2.45) is 13.0 Å². The maximum Gasteiger partial charge on any atom is 0.194 e. The van der Waals surface area contributed by atoms with E-state index in [0.29, 0.717) is 18.3 Å². The molecule has 0 atom stereocenters. The van der Waals surface area contributed by atoms with Crippen molar-refractivity contribution in [2.75, 3.05) is 6.54 Å². The molecule has 0 saturated carbocycles. The molecule has 2 heterocycles. The SMILES string of the molecule is CC(C)CNCc1cn(Cc2nnn(C)n2)cn1. The summed E-state index contributed by atoms with van der Waals surface area (Å²) in [6.07, 6.45) is 3.80. The molecule has 0 saturated heterocycles. The third kappa shape index (κ3) is 3.63. The molecule has 0 aliphatic heterocycles. The Morgan fingerprint density at radius 3 is 2.89 bits per heavy atom.